The van der Waals surface area contributed by atoms with Crippen LogP contribution in [0.5, 0.6) is 0 Å². The molecule has 0 bridgehead atoms. The molecule has 0 amide bonds. The van der Waals surface area contributed by atoms with Crippen LogP contribution in [0.25, 0.3) is 0 Å². The minimum Gasteiger partial charge on any atom is -0.398 e. The topological polar surface area (TPSA) is 73.1 Å². The lowest BCUT2D eigenvalue weighted by atomic mass is 10.2. The quantitative estimate of drug-likeness (QED) is 0.864. The number of benzene rings is 1. The van der Waals surface area contributed by atoms with Crippen molar-refractivity contribution in [3.63, 3.8) is 0 Å². The molecule has 4 nitrogen and oxygen atoms in total. The molecule has 0 aliphatic heterocycles. The smallest absolute Gasteiger partial charge is 0.185 e. The standard InChI is InChI=1S/C11H12N2O2S2/c1-8-2-3-10(12)11(4-8)17(14,15)6-9-5-13-7-16-9/h2-5,7H,6,12H2,1H3. The zero-order valence-electron chi connectivity index (χ0n) is 9.25. The van der Waals surface area contributed by atoms with E-state index in [2.05, 4.69) is 4.98 Å². The van der Waals surface area contributed by atoms with Gasteiger partial charge >= 0.3 is 0 Å². The maximum Gasteiger partial charge on any atom is 0.185 e. The molecule has 2 rings (SSSR count). The summed E-state index contributed by atoms with van der Waals surface area (Å²) in [6, 6.07) is 5.02. The molecule has 0 atom stereocenters. The number of aromatic nitrogens is 1. The number of nitrogen functional groups attached to an aromatic ring is 1. The minimum atomic E-state index is -3.39. The fourth-order valence-electron chi connectivity index (χ4n) is 1.49. The molecular weight excluding hydrogens is 256 g/mol. The summed E-state index contributed by atoms with van der Waals surface area (Å²) in [4.78, 5) is 4.78. The van der Waals surface area contributed by atoms with Gasteiger partial charge in [0.1, 0.15) is 0 Å². The summed E-state index contributed by atoms with van der Waals surface area (Å²) in [7, 11) is -3.39. The Morgan fingerprint density at radius 1 is 1.41 bits per heavy atom. The lowest BCUT2D eigenvalue weighted by molar-refractivity contribution is 0.596. The molecule has 90 valence electrons. The van der Waals surface area contributed by atoms with Gasteiger partial charge in [-0.05, 0) is 24.6 Å². The highest BCUT2D eigenvalue weighted by Crippen LogP contribution is 2.24. The molecule has 2 aromatic rings. The van der Waals surface area contributed by atoms with Gasteiger partial charge in [0.15, 0.2) is 9.84 Å². The Balaban J connectivity index is 2.41. The second-order valence-electron chi connectivity index (χ2n) is 3.77. The van der Waals surface area contributed by atoms with E-state index in [9.17, 15) is 8.42 Å². The number of thiazole rings is 1. The summed E-state index contributed by atoms with van der Waals surface area (Å²) in [5.41, 5.74) is 8.50. The van der Waals surface area contributed by atoms with Gasteiger partial charge in [-0.2, -0.15) is 0 Å². The highest BCUT2D eigenvalue weighted by molar-refractivity contribution is 7.91. The molecular formula is C11H12N2O2S2. The van der Waals surface area contributed by atoms with Gasteiger partial charge in [-0.3, -0.25) is 4.98 Å². The summed E-state index contributed by atoms with van der Waals surface area (Å²) in [5, 5.41) is 0. The van der Waals surface area contributed by atoms with E-state index >= 15 is 0 Å². The number of sulfone groups is 1. The summed E-state index contributed by atoms with van der Waals surface area (Å²) >= 11 is 1.32. The predicted molar refractivity (Wildman–Crippen MR) is 68.6 cm³/mol. The first-order valence-corrected chi connectivity index (χ1v) is 7.48. The molecule has 0 saturated heterocycles. The van der Waals surface area contributed by atoms with E-state index in [1.165, 1.54) is 11.3 Å². The van der Waals surface area contributed by atoms with Crippen molar-refractivity contribution >= 4 is 26.9 Å². The number of aryl methyl sites for hydroxylation is 1. The van der Waals surface area contributed by atoms with Crippen LogP contribution in [-0.4, -0.2) is 13.4 Å². The fraction of sp³-hybridized carbons (Fsp3) is 0.182. The van der Waals surface area contributed by atoms with Crippen LogP contribution in [-0.2, 0) is 15.6 Å². The molecule has 0 saturated carbocycles. The average Bonchev–Trinajstić information content (AvgIpc) is 2.73. The van der Waals surface area contributed by atoms with Gasteiger partial charge in [0.05, 0.1) is 21.8 Å². The Kier molecular flexibility index (Phi) is 3.17. The maximum absolute atomic E-state index is 12.2. The first-order chi connectivity index (χ1) is 7.99. The van der Waals surface area contributed by atoms with Crippen LogP contribution < -0.4 is 5.73 Å². The van der Waals surface area contributed by atoms with Gasteiger partial charge in [-0.15, -0.1) is 11.3 Å². The predicted octanol–water partition coefficient (Wildman–Crippen LogP) is 2.01. The SMILES string of the molecule is Cc1ccc(N)c(S(=O)(=O)Cc2cncs2)c1. The van der Waals surface area contributed by atoms with E-state index in [-0.39, 0.29) is 10.6 Å². The monoisotopic (exact) mass is 268 g/mol. The van der Waals surface area contributed by atoms with Crippen molar-refractivity contribution in [2.45, 2.75) is 17.6 Å². The van der Waals surface area contributed by atoms with Crippen LogP contribution in [0.3, 0.4) is 0 Å². The molecule has 1 aromatic heterocycles. The molecule has 6 heteroatoms. The van der Waals surface area contributed by atoms with Gasteiger partial charge in [0.2, 0.25) is 0 Å². The van der Waals surface area contributed by atoms with Crippen LogP contribution >= 0.6 is 11.3 Å². The van der Waals surface area contributed by atoms with Crippen LogP contribution in [0.4, 0.5) is 5.69 Å². The third-order valence-corrected chi connectivity index (χ3v) is 5.00. The van der Waals surface area contributed by atoms with Gasteiger partial charge in [0.25, 0.3) is 0 Å². The van der Waals surface area contributed by atoms with Crippen LogP contribution in [0.1, 0.15) is 10.4 Å². The van der Waals surface area contributed by atoms with Crippen molar-refractivity contribution in [3.8, 4) is 0 Å². The van der Waals surface area contributed by atoms with Crippen LogP contribution in [0.2, 0.25) is 0 Å². The van der Waals surface area contributed by atoms with E-state index in [1.54, 1.807) is 29.9 Å². The Labute approximate surface area is 104 Å². The van der Waals surface area contributed by atoms with Crippen LogP contribution in [0.15, 0.2) is 34.8 Å². The lowest BCUT2D eigenvalue weighted by Crippen LogP contribution is -2.07. The van der Waals surface area contributed by atoms with E-state index in [0.29, 0.717) is 10.6 Å². The first kappa shape index (κ1) is 12.1. The zero-order valence-corrected chi connectivity index (χ0v) is 10.9. The minimum absolute atomic E-state index is 0.0503. The maximum atomic E-state index is 12.2. The Hall–Kier alpha value is -1.40. The largest absolute Gasteiger partial charge is 0.398 e. The third-order valence-electron chi connectivity index (χ3n) is 2.32. The number of hydrogen-bond acceptors (Lipinski definition) is 5. The second kappa shape index (κ2) is 4.46. The molecule has 17 heavy (non-hydrogen) atoms. The molecule has 0 radical (unpaired) electrons. The van der Waals surface area contributed by atoms with Gasteiger partial charge in [0, 0.05) is 11.1 Å². The Morgan fingerprint density at radius 3 is 2.82 bits per heavy atom. The van der Waals surface area contributed by atoms with E-state index < -0.39 is 9.84 Å². The average molecular weight is 268 g/mol. The van der Waals surface area contributed by atoms with Crippen LogP contribution in [0, 0.1) is 6.92 Å². The summed E-state index contributed by atoms with van der Waals surface area (Å²) in [6.45, 7) is 1.84. The van der Waals surface area contributed by atoms with E-state index in [1.807, 2.05) is 6.92 Å². The Morgan fingerprint density at radius 2 is 2.18 bits per heavy atom. The normalized spacial score (nSPS) is 11.6. The number of nitrogens with two attached hydrogens (primary N) is 1. The number of anilines is 1. The number of rotatable bonds is 3. The molecule has 0 fully saturated rings. The summed E-state index contributed by atoms with van der Waals surface area (Å²) in [5.74, 6) is -0.0503. The van der Waals surface area contributed by atoms with Crippen molar-refractivity contribution < 1.29 is 8.42 Å². The van der Waals surface area contributed by atoms with Crippen molar-refractivity contribution in [2.75, 3.05) is 5.73 Å². The lowest BCUT2D eigenvalue weighted by Gasteiger charge is -2.07. The summed E-state index contributed by atoms with van der Waals surface area (Å²) < 4.78 is 24.3. The van der Waals surface area contributed by atoms with Crippen molar-refractivity contribution in [1.82, 2.24) is 4.98 Å². The highest BCUT2D eigenvalue weighted by atomic mass is 32.2. The fourth-order valence-corrected chi connectivity index (χ4v) is 4.00. The molecule has 0 aliphatic rings. The van der Waals surface area contributed by atoms with Gasteiger partial charge < -0.3 is 5.73 Å². The highest BCUT2D eigenvalue weighted by Gasteiger charge is 2.19. The van der Waals surface area contributed by atoms with E-state index in [0.717, 1.165) is 5.56 Å². The number of nitrogens with zero attached hydrogens (tertiary/aromatic N) is 1. The molecule has 0 spiro atoms. The molecule has 0 aliphatic carbocycles. The van der Waals surface area contributed by atoms with Gasteiger partial charge in [-0.25, -0.2) is 8.42 Å². The molecule has 1 heterocycles. The van der Waals surface area contributed by atoms with Crippen molar-refractivity contribution in [3.05, 3.63) is 40.3 Å². The van der Waals surface area contributed by atoms with Crippen molar-refractivity contribution in [1.29, 1.82) is 0 Å². The number of hydrogen-bond donors (Lipinski definition) is 1. The molecule has 0 unspecified atom stereocenters. The summed E-state index contributed by atoms with van der Waals surface area (Å²) in [6.07, 6.45) is 1.56. The second-order valence-corrected chi connectivity index (χ2v) is 6.70. The third kappa shape index (κ3) is 2.65. The molecule has 2 N–H and O–H groups in total. The van der Waals surface area contributed by atoms with Gasteiger partial charge in [-0.1, -0.05) is 6.07 Å². The zero-order chi connectivity index (χ0) is 12.5. The molecule has 1 aromatic carbocycles. The van der Waals surface area contributed by atoms with Crippen molar-refractivity contribution in [2.24, 2.45) is 0 Å². The first-order valence-electron chi connectivity index (χ1n) is 4.95. The Bertz CT molecular complexity index is 619. The van der Waals surface area contributed by atoms with E-state index in [4.69, 9.17) is 5.73 Å².